The second-order valence-electron chi connectivity index (χ2n) is 5.59. The molecule has 0 aliphatic heterocycles. The number of carboxylic acids is 1. The highest BCUT2D eigenvalue weighted by Gasteiger charge is 2.28. The van der Waals surface area contributed by atoms with Crippen LogP contribution in [0.1, 0.15) is 24.8 Å². The third-order valence-corrected chi connectivity index (χ3v) is 4.28. The van der Waals surface area contributed by atoms with Gasteiger partial charge >= 0.3 is 5.97 Å². The van der Waals surface area contributed by atoms with Crippen LogP contribution in [-0.4, -0.2) is 55.8 Å². The van der Waals surface area contributed by atoms with Gasteiger partial charge in [-0.2, -0.15) is 8.42 Å². The number of anilines is 1. The number of nitrogens with zero attached hydrogens (tertiary/aromatic N) is 1. The van der Waals surface area contributed by atoms with Gasteiger partial charge in [-0.1, -0.05) is 19.1 Å². The van der Waals surface area contributed by atoms with E-state index >= 15 is 0 Å². The van der Waals surface area contributed by atoms with Crippen LogP contribution in [0.15, 0.2) is 24.3 Å². The molecule has 1 aromatic rings. The lowest BCUT2D eigenvalue weighted by atomic mass is 9.95. The molecule has 0 heterocycles. The molecule has 0 saturated heterocycles. The van der Waals surface area contributed by atoms with E-state index in [9.17, 15) is 18.0 Å². The highest BCUT2D eigenvalue weighted by Crippen LogP contribution is 2.22. The third-order valence-electron chi connectivity index (χ3n) is 3.53. The van der Waals surface area contributed by atoms with Gasteiger partial charge in [0.1, 0.15) is 11.8 Å². The summed E-state index contributed by atoms with van der Waals surface area (Å²) in [6.45, 7) is 1.77. The van der Waals surface area contributed by atoms with Crippen LogP contribution < -0.4 is 10.2 Å². The highest BCUT2D eigenvalue weighted by molar-refractivity contribution is 7.85. The zero-order valence-electron chi connectivity index (χ0n) is 13.8. The maximum absolute atomic E-state index is 12.3. The minimum Gasteiger partial charge on any atom is -0.480 e. The summed E-state index contributed by atoms with van der Waals surface area (Å²) in [5.41, 5.74) is 1.64. The first kappa shape index (κ1) is 19.9. The van der Waals surface area contributed by atoms with Crippen LogP contribution in [0.2, 0.25) is 0 Å². The molecule has 0 saturated carbocycles. The SMILES string of the molecule is CCC(C(=O)NC(CS(=O)(=O)O)C(=O)O)c1ccc(N(C)C)cc1. The topological polar surface area (TPSA) is 124 Å². The molecule has 0 aliphatic carbocycles. The third kappa shape index (κ3) is 5.82. The largest absolute Gasteiger partial charge is 0.480 e. The second kappa shape index (κ2) is 8.11. The van der Waals surface area contributed by atoms with Crippen LogP contribution in [-0.2, 0) is 19.7 Å². The van der Waals surface area contributed by atoms with Gasteiger partial charge in [-0.3, -0.25) is 9.35 Å². The molecule has 8 nitrogen and oxygen atoms in total. The number of carbonyl (C=O) groups excluding carboxylic acids is 1. The molecular weight excluding hydrogens is 336 g/mol. The quantitative estimate of drug-likeness (QED) is 0.584. The van der Waals surface area contributed by atoms with Gasteiger partial charge in [-0.15, -0.1) is 0 Å². The standard InChI is InChI=1S/C15H22N2O6S/c1-4-12(10-5-7-11(8-6-10)17(2)3)14(18)16-13(15(19)20)9-24(21,22)23/h5-8,12-13H,4,9H2,1-3H3,(H,16,18)(H,19,20)(H,21,22,23). The number of carboxylic acid groups (broad SMARTS) is 1. The van der Waals surface area contributed by atoms with Crippen LogP contribution in [0.25, 0.3) is 0 Å². The van der Waals surface area contributed by atoms with Gasteiger partial charge in [0, 0.05) is 19.8 Å². The van der Waals surface area contributed by atoms with Crippen molar-refractivity contribution in [2.75, 3.05) is 24.7 Å². The first-order chi connectivity index (χ1) is 11.0. The van der Waals surface area contributed by atoms with Crippen LogP contribution in [0.5, 0.6) is 0 Å². The number of hydrogen-bond donors (Lipinski definition) is 3. The molecule has 3 N–H and O–H groups in total. The van der Waals surface area contributed by atoms with Crippen molar-refractivity contribution in [3.05, 3.63) is 29.8 Å². The molecule has 0 bridgehead atoms. The van der Waals surface area contributed by atoms with E-state index in [1.807, 2.05) is 31.1 Å². The summed E-state index contributed by atoms with van der Waals surface area (Å²) >= 11 is 0. The first-order valence-corrected chi connectivity index (χ1v) is 8.91. The maximum Gasteiger partial charge on any atom is 0.327 e. The van der Waals surface area contributed by atoms with Crippen molar-refractivity contribution in [1.29, 1.82) is 0 Å². The normalized spacial score (nSPS) is 13.8. The molecule has 0 aromatic heterocycles. The minimum atomic E-state index is -4.53. The zero-order chi connectivity index (χ0) is 18.5. The Morgan fingerprint density at radius 1 is 1.21 bits per heavy atom. The monoisotopic (exact) mass is 358 g/mol. The number of nitrogens with one attached hydrogen (secondary N) is 1. The molecular formula is C15H22N2O6S. The van der Waals surface area contributed by atoms with Crippen LogP contribution in [0, 0.1) is 0 Å². The fourth-order valence-corrected chi connectivity index (χ4v) is 2.88. The molecule has 134 valence electrons. The van der Waals surface area contributed by atoms with Crippen molar-refractivity contribution >= 4 is 27.7 Å². The molecule has 9 heteroatoms. The fourth-order valence-electron chi connectivity index (χ4n) is 2.23. The lowest BCUT2D eigenvalue weighted by Crippen LogP contribution is -2.46. The summed E-state index contributed by atoms with van der Waals surface area (Å²) < 4.78 is 30.5. The van der Waals surface area contributed by atoms with Crippen LogP contribution in [0.3, 0.4) is 0 Å². The first-order valence-electron chi connectivity index (χ1n) is 7.30. The van der Waals surface area contributed by atoms with E-state index in [0.29, 0.717) is 12.0 Å². The van der Waals surface area contributed by atoms with E-state index in [1.165, 1.54) is 0 Å². The molecule has 1 amide bonds. The molecule has 2 atom stereocenters. The van der Waals surface area contributed by atoms with Gasteiger partial charge in [0.15, 0.2) is 0 Å². The molecule has 1 aromatic carbocycles. The molecule has 0 radical (unpaired) electrons. The van der Waals surface area contributed by atoms with Crippen molar-refractivity contribution in [2.45, 2.75) is 25.3 Å². The van der Waals surface area contributed by atoms with Crippen LogP contribution >= 0.6 is 0 Å². The maximum atomic E-state index is 12.3. The predicted molar refractivity (Wildman–Crippen MR) is 89.8 cm³/mol. The van der Waals surface area contributed by atoms with E-state index in [4.69, 9.17) is 9.66 Å². The van der Waals surface area contributed by atoms with Gasteiger partial charge in [0.2, 0.25) is 5.91 Å². The van der Waals surface area contributed by atoms with Gasteiger partial charge in [0.25, 0.3) is 10.1 Å². The van der Waals surface area contributed by atoms with Gasteiger partial charge in [-0.25, -0.2) is 4.79 Å². The van der Waals surface area contributed by atoms with Gasteiger partial charge in [0.05, 0.1) is 5.92 Å². The molecule has 0 spiro atoms. The van der Waals surface area contributed by atoms with Crippen molar-refractivity contribution in [3.63, 3.8) is 0 Å². The fraction of sp³-hybridized carbons (Fsp3) is 0.467. The van der Waals surface area contributed by atoms with E-state index in [2.05, 4.69) is 5.32 Å². The summed E-state index contributed by atoms with van der Waals surface area (Å²) in [4.78, 5) is 25.3. The number of aliphatic carboxylic acids is 1. The van der Waals surface area contributed by atoms with Crippen molar-refractivity contribution in [1.82, 2.24) is 5.32 Å². The molecule has 0 aliphatic rings. The molecule has 24 heavy (non-hydrogen) atoms. The second-order valence-corrected chi connectivity index (χ2v) is 7.09. The molecule has 0 fully saturated rings. The highest BCUT2D eigenvalue weighted by atomic mass is 32.2. The van der Waals surface area contributed by atoms with Crippen molar-refractivity contribution in [3.8, 4) is 0 Å². The summed E-state index contributed by atoms with van der Waals surface area (Å²) in [5.74, 6) is -3.83. The van der Waals surface area contributed by atoms with E-state index in [-0.39, 0.29) is 0 Å². The average Bonchev–Trinajstić information content (AvgIpc) is 2.46. The number of rotatable bonds is 8. The Balaban J connectivity index is 2.94. The number of benzene rings is 1. The Labute approximate surface area is 141 Å². The lowest BCUT2D eigenvalue weighted by molar-refractivity contribution is -0.141. The molecule has 2 unspecified atom stereocenters. The van der Waals surface area contributed by atoms with Crippen molar-refractivity contribution < 1.29 is 27.7 Å². The number of amides is 1. The van der Waals surface area contributed by atoms with E-state index in [0.717, 1.165) is 5.69 Å². The average molecular weight is 358 g/mol. The summed E-state index contributed by atoms with van der Waals surface area (Å²) in [6.07, 6.45) is 0.408. The smallest absolute Gasteiger partial charge is 0.327 e. The zero-order valence-corrected chi connectivity index (χ0v) is 14.6. The Morgan fingerprint density at radius 2 is 1.75 bits per heavy atom. The predicted octanol–water partition coefficient (Wildman–Crippen LogP) is 0.703. The van der Waals surface area contributed by atoms with Gasteiger partial charge < -0.3 is 15.3 Å². The number of carbonyl (C=O) groups is 2. The Kier molecular flexibility index (Phi) is 6.73. The summed E-state index contributed by atoms with van der Waals surface area (Å²) in [6, 6.07) is 5.49. The minimum absolute atomic E-state index is 0.408. The molecule has 1 rings (SSSR count). The summed E-state index contributed by atoms with van der Waals surface area (Å²) in [5, 5.41) is 11.2. The Morgan fingerprint density at radius 3 is 2.12 bits per heavy atom. The van der Waals surface area contributed by atoms with E-state index in [1.54, 1.807) is 19.1 Å². The Hall–Kier alpha value is -2.13. The Bertz CT molecular complexity index is 684. The lowest BCUT2D eigenvalue weighted by Gasteiger charge is -2.20. The van der Waals surface area contributed by atoms with Crippen LogP contribution in [0.4, 0.5) is 5.69 Å². The summed E-state index contributed by atoms with van der Waals surface area (Å²) in [7, 11) is -0.766. The van der Waals surface area contributed by atoms with Crippen molar-refractivity contribution in [2.24, 2.45) is 0 Å². The van der Waals surface area contributed by atoms with E-state index < -0.39 is 39.7 Å². The number of hydrogen-bond acceptors (Lipinski definition) is 5. The van der Waals surface area contributed by atoms with Gasteiger partial charge in [-0.05, 0) is 24.1 Å².